The van der Waals surface area contributed by atoms with Crippen molar-refractivity contribution in [3.8, 4) is 0 Å². The fourth-order valence-corrected chi connectivity index (χ4v) is 4.32. The van der Waals surface area contributed by atoms with E-state index >= 15 is 0 Å². The number of amides is 1. The van der Waals surface area contributed by atoms with Crippen LogP contribution in [0.25, 0.3) is 0 Å². The van der Waals surface area contributed by atoms with Gasteiger partial charge in [-0.25, -0.2) is 9.78 Å². The van der Waals surface area contributed by atoms with E-state index in [2.05, 4.69) is 4.98 Å². The Morgan fingerprint density at radius 2 is 2.32 bits per heavy atom. The maximum absolute atomic E-state index is 12.5. The van der Waals surface area contributed by atoms with Gasteiger partial charge in [0, 0.05) is 5.75 Å². The van der Waals surface area contributed by atoms with Gasteiger partial charge >= 0.3 is 5.97 Å². The summed E-state index contributed by atoms with van der Waals surface area (Å²) < 4.78 is 0. The number of carbonyl (C=O) groups is 2. The standard InChI is InChI=1S/C12H16N2O3S2/c1-3-4-10-14(8(6-18-10)12(16)17)11(15)9-5-13-7(2)19-9/h5,8,10H,3-4,6H2,1-2H3,(H,16,17). The van der Waals surface area contributed by atoms with Crippen molar-refractivity contribution in [2.24, 2.45) is 0 Å². The second-order valence-corrected chi connectivity index (χ2v) is 6.83. The summed E-state index contributed by atoms with van der Waals surface area (Å²) in [5.41, 5.74) is 0. The summed E-state index contributed by atoms with van der Waals surface area (Å²) in [6, 6.07) is -0.726. The van der Waals surface area contributed by atoms with E-state index in [4.69, 9.17) is 0 Å². The molecule has 0 bridgehead atoms. The summed E-state index contributed by atoms with van der Waals surface area (Å²) in [5.74, 6) is -0.675. The predicted molar refractivity (Wildman–Crippen MR) is 75.6 cm³/mol. The Morgan fingerprint density at radius 3 is 2.84 bits per heavy atom. The lowest BCUT2D eigenvalue weighted by Gasteiger charge is -2.26. The molecule has 0 saturated carbocycles. The van der Waals surface area contributed by atoms with Crippen LogP contribution in [-0.4, -0.2) is 44.0 Å². The first-order chi connectivity index (χ1) is 9.04. The van der Waals surface area contributed by atoms with E-state index in [0.717, 1.165) is 17.8 Å². The number of hydrogen-bond acceptors (Lipinski definition) is 5. The monoisotopic (exact) mass is 300 g/mol. The molecular weight excluding hydrogens is 284 g/mol. The lowest BCUT2D eigenvalue weighted by molar-refractivity contribution is -0.141. The van der Waals surface area contributed by atoms with Gasteiger partial charge in [0.2, 0.25) is 0 Å². The summed E-state index contributed by atoms with van der Waals surface area (Å²) in [5, 5.41) is 10.0. The van der Waals surface area contributed by atoms with Gasteiger partial charge in [0.1, 0.15) is 10.9 Å². The van der Waals surface area contributed by atoms with Crippen molar-refractivity contribution in [2.75, 3.05) is 5.75 Å². The molecule has 1 aliphatic heterocycles. The minimum absolute atomic E-state index is 0.0407. The number of rotatable bonds is 4. The van der Waals surface area contributed by atoms with E-state index in [1.165, 1.54) is 22.4 Å². The van der Waals surface area contributed by atoms with E-state index < -0.39 is 12.0 Å². The number of carboxylic acids is 1. The van der Waals surface area contributed by atoms with Crippen molar-refractivity contribution in [2.45, 2.75) is 38.1 Å². The second-order valence-electron chi connectivity index (χ2n) is 4.39. The molecule has 19 heavy (non-hydrogen) atoms. The van der Waals surface area contributed by atoms with Crippen LogP contribution in [0.3, 0.4) is 0 Å². The van der Waals surface area contributed by atoms with Crippen molar-refractivity contribution >= 4 is 35.0 Å². The van der Waals surface area contributed by atoms with Gasteiger partial charge < -0.3 is 10.0 Å². The molecule has 0 radical (unpaired) electrons. The average Bonchev–Trinajstić information content (AvgIpc) is 2.95. The van der Waals surface area contributed by atoms with Crippen molar-refractivity contribution < 1.29 is 14.7 Å². The van der Waals surface area contributed by atoms with Gasteiger partial charge in [-0.15, -0.1) is 23.1 Å². The summed E-state index contributed by atoms with van der Waals surface area (Å²) >= 11 is 2.86. The molecule has 1 fully saturated rings. The number of thioether (sulfide) groups is 1. The summed E-state index contributed by atoms with van der Waals surface area (Å²) in [6.45, 7) is 3.87. The quantitative estimate of drug-likeness (QED) is 0.923. The van der Waals surface area contributed by atoms with Gasteiger partial charge in [0.15, 0.2) is 0 Å². The molecule has 5 nitrogen and oxygen atoms in total. The number of hydrogen-bond donors (Lipinski definition) is 1. The molecule has 2 unspecified atom stereocenters. The Labute approximate surface area is 120 Å². The summed E-state index contributed by atoms with van der Waals surface area (Å²) in [4.78, 5) is 29.9. The number of aliphatic carboxylic acids is 1. The highest BCUT2D eigenvalue weighted by Gasteiger charge is 2.41. The van der Waals surface area contributed by atoms with Gasteiger partial charge in [0.05, 0.1) is 16.6 Å². The first-order valence-electron chi connectivity index (χ1n) is 6.14. The first kappa shape index (κ1) is 14.3. The predicted octanol–water partition coefficient (Wildman–Crippen LogP) is 2.22. The lowest BCUT2D eigenvalue weighted by Crippen LogP contribution is -2.45. The van der Waals surface area contributed by atoms with Crippen LogP contribution in [0.5, 0.6) is 0 Å². The minimum Gasteiger partial charge on any atom is -0.480 e. The molecule has 0 aliphatic carbocycles. The third-order valence-corrected chi connectivity index (χ3v) is 5.24. The number of thiazole rings is 1. The van der Waals surface area contributed by atoms with Crippen molar-refractivity contribution in [1.29, 1.82) is 0 Å². The largest absolute Gasteiger partial charge is 0.480 e. The zero-order chi connectivity index (χ0) is 14.0. The molecule has 2 atom stereocenters. The zero-order valence-electron chi connectivity index (χ0n) is 10.8. The van der Waals surface area contributed by atoms with Crippen LogP contribution in [0, 0.1) is 6.92 Å². The molecular formula is C12H16N2O3S2. The molecule has 104 valence electrons. The highest BCUT2D eigenvalue weighted by atomic mass is 32.2. The summed E-state index contributed by atoms with van der Waals surface area (Å²) in [6.07, 6.45) is 3.28. The molecule has 1 aromatic heterocycles. The van der Waals surface area contributed by atoms with Gasteiger partial charge in [-0.1, -0.05) is 13.3 Å². The van der Waals surface area contributed by atoms with Gasteiger partial charge in [0.25, 0.3) is 5.91 Å². The van der Waals surface area contributed by atoms with Crippen LogP contribution < -0.4 is 0 Å². The maximum atomic E-state index is 12.5. The van der Waals surface area contributed by atoms with E-state index in [9.17, 15) is 14.7 Å². The number of carboxylic acid groups (broad SMARTS) is 1. The van der Waals surface area contributed by atoms with Crippen LogP contribution in [-0.2, 0) is 4.79 Å². The molecule has 1 N–H and O–H groups in total. The normalized spacial score (nSPS) is 22.7. The Kier molecular flexibility index (Phi) is 4.46. The molecule has 2 rings (SSSR count). The highest BCUT2D eigenvalue weighted by Crippen LogP contribution is 2.34. The maximum Gasteiger partial charge on any atom is 0.327 e. The Balaban J connectivity index is 2.25. The molecule has 1 saturated heterocycles. The SMILES string of the molecule is CCCC1SCC(C(=O)O)N1C(=O)c1cnc(C)s1. The molecule has 0 spiro atoms. The average molecular weight is 300 g/mol. The van der Waals surface area contributed by atoms with Crippen LogP contribution in [0.1, 0.15) is 34.4 Å². The number of nitrogens with zero attached hydrogens (tertiary/aromatic N) is 2. The van der Waals surface area contributed by atoms with E-state index in [1.54, 1.807) is 11.8 Å². The van der Waals surface area contributed by atoms with Gasteiger partial charge in [-0.05, 0) is 13.3 Å². The topological polar surface area (TPSA) is 70.5 Å². The van der Waals surface area contributed by atoms with Crippen LogP contribution in [0.4, 0.5) is 0 Å². The fourth-order valence-electron chi connectivity index (χ4n) is 2.08. The smallest absolute Gasteiger partial charge is 0.327 e. The minimum atomic E-state index is -0.930. The highest BCUT2D eigenvalue weighted by molar-refractivity contribution is 8.00. The van der Waals surface area contributed by atoms with Crippen LogP contribution in [0.2, 0.25) is 0 Å². The fraction of sp³-hybridized carbons (Fsp3) is 0.583. The van der Waals surface area contributed by atoms with Crippen LogP contribution >= 0.6 is 23.1 Å². The molecule has 0 aromatic carbocycles. The van der Waals surface area contributed by atoms with E-state index in [-0.39, 0.29) is 11.3 Å². The Bertz CT molecular complexity index is 489. The first-order valence-corrected chi connectivity index (χ1v) is 8.00. The number of aromatic nitrogens is 1. The molecule has 2 heterocycles. The van der Waals surface area contributed by atoms with Crippen molar-refractivity contribution in [3.63, 3.8) is 0 Å². The number of carbonyl (C=O) groups excluding carboxylic acids is 1. The van der Waals surface area contributed by atoms with Gasteiger partial charge in [-0.2, -0.15) is 0 Å². The van der Waals surface area contributed by atoms with E-state index in [1.807, 2.05) is 13.8 Å². The summed E-state index contributed by atoms with van der Waals surface area (Å²) in [7, 11) is 0. The van der Waals surface area contributed by atoms with Crippen molar-refractivity contribution in [3.05, 3.63) is 16.1 Å². The lowest BCUT2D eigenvalue weighted by atomic mass is 10.2. The second kappa shape index (κ2) is 5.92. The third kappa shape index (κ3) is 2.92. The van der Waals surface area contributed by atoms with Crippen LogP contribution in [0.15, 0.2) is 6.20 Å². The third-order valence-electron chi connectivity index (χ3n) is 2.98. The molecule has 1 amide bonds. The molecule has 7 heteroatoms. The Morgan fingerprint density at radius 1 is 1.58 bits per heavy atom. The molecule has 1 aromatic rings. The Hall–Kier alpha value is -1.08. The van der Waals surface area contributed by atoms with Gasteiger partial charge in [-0.3, -0.25) is 4.79 Å². The number of aryl methyl sites for hydroxylation is 1. The van der Waals surface area contributed by atoms with Crippen molar-refractivity contribution in [1.82, 2.24) is 9.88 Å². The molecule has 1 aliphatic rings. The zero-order valence-corrected chi connectivity index (χ0v) is 12.5. The van der Waals surface area contributed by atoms with E-state index in [0.29, 0.717) is 10.6 Å².